The van der Waals surface area contributed by atoms with Crippen LogP contribution in [0.25, 0.3) is 0 Å². The van der Waals surface area contributed by atoms with E-state index in [1.807, 2.05) is 12.2 Å². The second-order valence-corrected chi connectivity index (χ2v) is 5.77. The van der Waals surface area contributed by atoms with Crippen molar-refractivity contribution in [2.24, 2.45) is 11.8 Å². The quantitative estimate of drug-likeness (QED) is 0.702. The molecule has 3 atom stereocenters. The van der Waals surface area contributed by atoms with Crippen LogP contribution in [0, 0.1) is 11.8 Å². The van der Waals surface area contributed by atoms with Crippen molar-refractivity contribution in [1.29, 1.82) is 0 Å². The molecule has 1 heterocycles. The summed E-state index contributed by atoms with van der Waals surface area (Å²) >= 11 is 0. The normalized spacial score (nSPS) is 38.8. The average molecular weight is 246 g/mol. The SMILES string of the molecule is CC1(C)OC2=C(O1)[C@H](O)[C@@H]1C3=CC=C(C3)[C@@H]1C2=O. The van der Waals surface area contributed by atoms with Crippen molar-refractivity contribution in [3.63, 3.8) is 0 Å². The first-order valence-corrected chi connectivity index (χ1v) is 6.22. The molecule has 1 fully saturated rings. The molecule has 4 heteroatoms. The standard InChI is InChI=1S/C14H14O4/c1-14(2)17-12-10(15)8-6-3-4-7(5-6)9(8)11(16)13(12)18-14/h3-4,8-10,15H,5H2,1-2H3/t8-,9+,10-/m1/s1. The van der Waals surface area contributed by atoms with Gasteiger partial charge in [-0.25, -0.2) is 0 Å². The molecule has 0 amide bonds. The van der Waals surface area contributed by atoms with Crippen LogP contribution in [0.1, 0.15) is 20.3 Å². The largest absolute Gasteiger partial charge is 0.450 e. The number of carbonyl (C=O) groups excluding carboxylic acids is 1. The van der Waals surface area contributed by atoms with E-state index >= 15 is 0 Å². The lowest BCUT2D eigenvalue weighted by Gasteiger charge is -2.30. The summed E-state index contributed by atoms with van der Waals surface area (Å²) in [6.07, 6.45) is 4.05. The summed E-state index contributed by atoms with van der Waals surface area (Å²) in [7, 11) is 0. The predicted molar refractivity (Wildman–Crippen MR) is 62.1 cm³/mol. The Labute approximate surface area is 105 Å². The van der Waals surface area contributed by atoms with Crippen molar-refractivity contribution in [2.45, 2.75) is 32.2 Å². The fourth-order valence-electron chi connectivity index (χ4n) is 3.47. The molecule has 0 unspecified atom stereocenters. The van der Waals surface area contributed by atoms with Crippen LogP contribution < -0.4 is 0 Å². The van der Waals surface area contributed by atoms with Gasteiger partial charge in [-0.3, -0.25) is 4.79 Å². The van der Waals surface area contributed by atoms with Crippen molar-refractivity contribution in [3.8, 4) is 0 Å². The van der Waals surface area contributed by atoms with E-state index < -0.39 is 11.9 Å². The maximum absolute atomic E-state index is 12.5. The summed E-state index contributed by atoms with van der Waals surface area (Å²) in [5.74, 6) is -0.741. The summed E-state index contributed by atoms with van der Waals surface area (Å²) < 4.78 is 11.1. The highest BCUT2D eigenvalue weighted by Gasteiger charge is 2.56. The number of carbonyl (C=O) groups is 1. The predicted octanol–water partition coefficient (Wildman–Crippen LogP) is 1.43. The highest BCUT2D eigenvalue weighted by atomic mass is 16.7. The van der Waals surface area contributed by atoms with Crippen molar-refractivity contribution in [2.75, 3.05) is 0 Å². The van der Waals surface area contributed by atoms with E-state index in [9.17, 15) is 9.90 Å². The van der Waals surface area contributed by atoms with Gasteiger partial charge in [-0.05, 0) is 6.42 Å². The number of hydrogen-bond donors (Lipinski definition) is 1. The van der Waals surface area contributed by atoms with Crippen molar-refractivity contribution < 1.29 is 19.4 Å². The number of hydrogen-bond acceptors (Lipinski definition) is 4. The number of aliphatic hydroxyl groups excluding tert-OH is 1. The van der Waals surface area contributed by atoms with Gasteiger partial charge in [0.1, 0.15) is 6.10 Å². The Kier molecular flexibility index (Phi) is 1.66. The molecule has 1 N–H and O–H groups in total. The first-order chi connectivity index (χ1) is 8.48. The van der Waals surface area contributed by atoms with E-state index in [0.29, 0.717) is 5.76 Å². The van der Waals surface area contributed by atoms with E-state index in [2.05, 4.69) is 0 Å². The van der Waals surface area contributed by atoms with Crippen molar-refractivity contribution in [3.05, 3.63) is 34.8 Å². The third-order valence-corrected chi connectivity index (χ3v) is 4.15. The number of allylic oxidation sites excluding steroid dienone is 4. The molecule has 4 aliphatic rings. The summed E-state index contributed by atoms with van der Waals surface area (Å²) in [6, 6.07) is 0. The van der Waals surface area contributed by atoms with Gasteiger partial charge in [-0.2, -0.15) is 0 Å². The van der Waals surface area contributed by atoms with E-state index in [1.54, 1.807) is 13.8 Å². The molecule has 0 aromatic rings. The second-order valence-electron chi connectivity index (χ2n) is 5.77. The fourth-order valence-corrected chi connectivity index (χ4v) is 3.47. The van der Waals surface area contributed by atoms with Gasteiger partial charge >= 0.3 is 0 Å². The van der Waals surface area contributed by atoms with E-state index in [1.165, 1.54) is 0 Å². The van der Waals surface area contributed by atoms with E-state index in [4.69, 9.17) is 9.47 Å². The van der Waals surface area contributed by atoms with Gasteiger partial charge in [0, 0.05) is 19.8 Å². The van der Waals surface area contributed by atoms with E-state index in [-0.39, 0.29) is 23.4 Å². The monoisotopic (exact) mass is 246 g/mol. The Bertz CT molecular complexity index is 564. The maximum atomic E-state index is 12.5. The Hall–Kier alpha value is -1.55. The molecule has 0 aromatic heterocycles. The fraction of sp³-hybridized carbons (Fsp3) is 0.500. The van der Waals surface area contributed by atoms with E-state index in [0.717, 1.165) is 17.6 Å². The number of ketones is 1. The highest BCUT2D eigenvalue weighted by Crippen LogP contribution is 2.54. The first kappa shape index (κ1) is 10.4. The third kappa shape index (κ3) is 1.07. The number of Topliss-reactive ketones (excluding diaryl/α,β-unsaturated/α-hetero) is 1. The Morgan fingerprint density at radius 1 is 1.28 bits per heavy atom. The molecule has 18 heavy (non-hydrogen) atoms. The molecule has 94 valence electrons. The zero-order chi connectivity index (χ0) is 12.7. The third-order valence-electron chi connectivity index (χ3n) is 4.15. The number of ether oxygens (including phenoxy) is 2. The number of aliphatic hydroxyl groups is 1. The molecule has 0 spiro atoms. The van der Waals surface area contributed by atoms with Gasteiger partial charge in [-0.1, -0.05) is 23.3 Å². The van der Waals surface area contributed by atoms with Gasteiger partial charge in [0.25, 0.3) is 0 Å². The lowest BCUT2D eigenvalue weighted by Crippen LogP contribution is -2.38. The summed E-state index contributed by atoms with van der Waals surface area (Å²) in [5.41, 5.74) is 2.23. The zero-order valence-electron chi connectivity index (χ0n) is 10.3. The Balaban J connectivity index is 1.82. The van der Waals surface area contributed by atoms with Crippen LogP contribution in [0.5, 0.6) is 0 Å². The minimum absolute atomic E-state index is 0.0415. The van der Waals surface area contributed by atoms with Crippen LogP contribution >= 0.6 is 0 Å². The number of rotatable bonds is 0. The minimum atomic E-state index is -0.859. The minimum Gasteiger partial charge on any atom is -0.450 e. The Morgan fingerprint density at radius 2 is 2.00 bits per heavy atom. The Morgan fingerprint density at radius 3 is 2.78 bits per heavy atom. The number of fused-ring (bicyclic) bond motifs is 5. The first-order valence-electron chi connectivity index (χ1n) is 6.22. The van der Waals surface area contributed by atoms with Gasteiger partial charge in [0.05, 0.1) is 5.92 Å². The summed E-state index contributed by atoms with van der Waals surface area (Å²) in [5, 5.41) is 10.4. The summed E-state index contributed by atoms with van der Waals surface area (Å²) in [6.45, 7) is 3.49. The molecule has 1 saturated carbocycles. The molecule has 4 rings (SSSR count). The van der Waals surface area contributed by atoms with Crippen LogP contribution in [0.15, 0.2) is 34.8 Å². The molecule has 0 saturated heterocycles. The summed E-state index contributed by atoms with van der Waals surface area (Å²) in [4.78, 5) is 12.5. The lowest BCUT2D eigenvalue weighted by atomic mass is 9.76. The van der Waals surface area contributed by atoms with Crippen LogP contribution in [0.3, 0.4) is 0 Å². The van der Waals surface area contributed by atoms with Crippen LogP contribution in [0.4, 0.5) is 0 Å². The van der Waals surface area contributed by atoms with Gasteiger partial charge in [0.15, 0.2) is 5.76 Å². The second kappa shape index (κ2) is 2.88. The maximum Gasteiger partial charge on any atom is 0.246 e. The van der Waals surface area contributed by atoms with Crippen LogP contribution in [-0.4, -0.2) is 22.8 Å². The molecular formula is C14H14O4. The van der Waals surface area contributed by atoms with Gasteiger partial charge in [0.2, 0.25) is 17.3 Å². The van der Waals surface area contributed by atoms with Crippen LogP contribution in [-0.2, 0) is 14.3 Å². The highest BCUT2D eigenvalue weighted by molar-refractivity contribution is 6.01. The van der Waals surface area contributed by atoms with Crippen molar-refractivity contribution in [1.82, 2.24) is 0 Å². The zero-order valence-corrected chi connectivity index (χ0v) is 10.3. The smallest absolute Gasteiger partial charge is 0.246 e. The molecule has 2 bridgehead atoms. The van der Waals surface area contributed by atoms with Crippen molar-refractivity contribution >= 4 is 5.78 Å². The molecule has 1 aliphatic heterocycles. The van der Waals surface area contributed by atoms with Gasteiger partial charge in [-0.15, -0.1) is 0 Å². The van der Waals surface area contributed by atoms with Gasteiger partial charge < -0.3 is 14.6 Å². The molecule has 4 nitrogen and oxygen atoms in total. The molecular weight excluding hydrogens is 232 g/mol. The topological polar surface area (TPSA) is 55.8 Å². The molecule has 0 aromatic carbocycles. The average Bonchev–Trinajstić information content (AvgIpc) is 2.96. The lowest BCUT2D eigenvalue weighted by molar-refractivity contribution is -0.139. The van der Waals surface area contributed by atoms with Crippen LogP contribution in [0.2, 0.25) is 0 Å². The molecule has 0 radical (unpaired) electrons. The molecule has 3 aliphatic carbocycles.